The van der Waals surface area contributed by atoms with Crippen molar-refractivity contribution in [1.82, 2.24) is 9.55 Å². The monoisotopic (exact) mass is 294 g/mol. The van der Waals surface area contributed by atoms with Gasteiger partial charge in [0.05, 0.1) is 6.54 Å². The molecule has 1 N–H and O–H groups in total. The van der Waals surface area contributed by atoms with E-state index in [2.05, 4.69) is 4.98 Å². The molecule has 0 bridgehead atoms. The molecular formula is C14H15ClN2O3. The van der Waals surface area contributed by atoms with Crippen molar-refractivity contribution in [2.45, 2.75) is 20.4 Å². The first kappa shape index (κ1) is 14.4. The number of aromatic amines is 1. The van der Waals surface area contributed by atoms with Gasteiger partial charge in [-0.15, -0.1) is 0 Å². The third kappa shape index (κ3) is 3.11. The standard InChI is InChI=1S/C14H15ClN2O3/c1-9-4-3-5-11(8-9)20-7-6-17-13(18)10(2)12(15)16-14(17)19/h3-5,8H,6-7H2,1-2H3,(H,16,19). The maximum Gasteiger partial charge on any atom is 0.329 e. The molecule has 1 aromatic heterocycles. The summed E-state index contributed by atoms with van der Waals surface area (Å²) in [5.41, 5.74) is 0.478. The molecule has 1 aromatic carbocycles. The number of hydrogen-bond acceptors (Lipinski definition) is 3. The zero-order valence-electron chi connectivity index (χ0n) is 11.3. The van der Waals surface area contributed by atoms with Crippen LogP contribution >= 0.6 is 11.6 Å². The van der Waals surface area contributed by atoms with Crippen molar-refractivity contribution < 1.29 is 4.74 Å². The van der Waals surface area contributed by atoms with Crippen molar-refractivity contribution in [3.05, 3.63) is 61.4 Å². The molecule has 2 rings (SSSR count). The number of halogens is 1. The summed E-state index contributed by atoms with van der Waals surface area (Å²) in [6.45, 7) is 3.93. The van der Waals surface area contributed by atoms with Crippen LogP contribution in [0, 0.1) is 13.8 Å². The molecule has 0 aliphatic rings. The number of H-pyrrole nitrogens is 1. The van der Waals surface area contributed by atoms with Gasteiger partial charge in [0, 0.05) is 5.56 Å². The van der Waals surface area contributed by atoms with Gasteiger partial charge in [-0.1, -0.05) is 23.7 Å². The van der Waals surface area contributed by atoms with Gasteiger partial charge in [0.1, 0.15) is 17.5 Å². The van der Waals surface area contributed by atoms with Crippen molar-refractivity contribution in [3.63, 3.8) is 0 Å². The van der Waals surface area contributed by atoms with Gasteiger partial charge in [-0.25, -0.2) is 4.79 Å². The Hall–Kier alpha value is -2.01. The van der Waals surface area contributed by atoms with Crippen molar-refractivity contribution in [2.75, 3.05) is 6.61 Å². The van der Waals surface area contributed by atoms with E-state index in [1.54, 1.807) is 6.92 Å². The van der Waals surface area contributed by atoms with Gasteiger partial charge in [-0.3, -0.25) is 14.3 Å². The minimum Gasteiger partial charge on any atom is -0.492 e. The van der Waals surface area contributed by atoms with E-state index in [0.29, 0.717) is 11.3 Å². The minimum atomic E-state index is -0.529. The highest BCUT2D eigenvalue weighted by Crippen LogP contribution is 2.12. The first-order valence-electron chi connectivity index (χ1n) is 6.17. The molecule has 1 heterocycles. The van der Waals surface area contributed by atoms with E-state index in [1.165, 1.54) is 0 Å². The minimum absolute atomic E-state index is 0.0795. The number of ether oxygens (including phenoxy) is 1. The highest BCUT2D eigenvalue weighted by molar-refractivity contribution is 6.30. The third-order valence-corrected chi connectivity index (χ3v) is 3.31. The van der Waals surface area contributed by atoms with Crippen LogP contribution in [0.4, 0.5) is 0 Å². The lowest BCUT2D eigenvalue weighted by Crippen LogP contribution is -2.38. The lowest BCUT2D eigenvalue weighted by atomic mass is 10.2. The zero-order valence-corrected chi connectivity index (χ0v) is 12.0. The van der Waals surface area contributed by atoms with Crippen LogP contribution in [0.15, 0.2) is 33.9 Å². The van der Waals surface area contributed by atoms with Crippen LogP contribution in [0.3, 0.4) is 0 Å². The summed E-state index contributed by atoms with van der Waals surface area (Å²) in [7, 11) is 0. The molecule has 0 saturated heterocycles. The maximum absolute atomic E-state index is 11.9. The molecule has 0 aliphatic carbocycles. The van der Waals surface area contributed by atoms with Crippen LogP contribution in [0.5, 0.6) is 5.75 Å². The fraction of sp³-hybridized carbons (Fsp3) is 0.286. The molecule has 6 heteroatoms. The van der Waals surface area contributed by atoms with Crippen LogP contribution in [0.25, 0.3) is 0 Å². The van der Waals surface area contributed by atoms with Gasteiger partial charge in [-0.2, -0.15) is 0 Å². The Bertz CT molecular complexity index is 734. The second-order valence-corrected chi connectivity index (χ2v) is 4.87. The average Bonchev–Trinajstić information content (AvgIpc) is 2.40. The largest absolute Gasteiger partial charge is 0.492 e. The highest BCUT2D eigenvalue weighted by Gasteiger charge is 2.08. The van der Waals surface area contributed by atoms with Gasteiger partial charge in [0.2, 0.25) is 0 Å². The molecule has 0 unspecified atom stereocenters. The third-order valence-electron chi connectivity index (χ3n) is 2.93. The molecule has 0 amide bonds. The van der Waals surface area contributed by atoms with Gasteiger partial charge in [-0.05, 0) is 31.5 Å². The van der Waals surface area contributed by atoms with E-state index in [1.807, 2.05) is 31.2 Å². The van der Waals surface area contributed by atoms with Crippen molar-refractivity contribution >= 4 is 11.6 Å². The van der Waals surface area contributed by atoms with Crippen LogP contribution in [0.1, 0.15) is 11.1 Å². The van der Waals surface area contributed by atoms with E-state index < -0.39 is 11.2 Å². The fourth-order valence-electron chi connectivity index (χ4n) is 1.81. The smallest absolute Gasteiger partial charge is 0.329 e. The Kier molecular flexibility index (Phi) is 4.29. The summed E-state index contributed by atoms with van der Waals surface area (Å²) >= 11 is 5.74. The molecule has 5 nitrogen and oxygen atoms in total. The fourth-order valence-corrected chi connectivity index (χ4v) is 1.97. The van der Waals surface area contributed by atoms with E-state index in [0.717, 1.165) is 10.1 Å². The van der Waals surface area contributed by atoms with Gasteiger partial charge in [0.25, 0.3) is 5.56 Å². The SMILES string of the molecule is Cc1cccc(OCCn2c(=O)[nH]c(Cl)c(C)c2=O)c1. The van der Waals surface area contributed by atoms with Gasteiger partial charge in [0.15, 0.2) is 0 Å². The van der Waals surface area contributed by atoms with Crippen LogP contribution in [-0.4, -0.2) is 16.2 Å². The molecule has 0 atom stereocenters. The van der Waals surface area contributed by atoms with Crippen LogP contribution < -0.4 is 16.0 Å². The van der Waals surface area contributed by atoms with E-state index >= 15 is 0 Å². The first-order valence-corrected chi connectivity index (χ1v) is 6.55. The molecule has 0 saturated carbocycles. The summed E-state index contributed by atoms with van der Waals surface area (Å²) in [4.78, 5) is 26.0. The zero-order chi connectivity index (χ0) is 14.7. The normalized spacial score (nSPS) is 10.6. The summed E-state index contributed by atoms with van der Waals surface area (Å²) in [5.74, 6) is 0.708. The average molecular weight is 295 g/mol. The summed E-state index contributed by atoms with van der Waals surface area (Å²) in [6.07, 6.45) is 0. The summed E-state index contributed by atoms with van der Waals surface area (Å²) in [6, 6.07) is 7.56. The predicted octanol–water partition coefficient (Wildman–Crippen LogP) is 1.89. The number of nitrogens with one attached hydrogen (secondary N) is 1. The van der Waals surface area contributed by atoms with Crippen molar-refractivity contribution in [3.8, 4) is 5.75 Å². The number of aromatic nitrogens is 2. The van der Waals surface area contributed by atoms with Crippen molar-refractivity contribution in [2.24, 2.45) is 0 Å². The molecule has 0 spiro atoms. The molecule has 0 fully saturated rings. The Balaban J connectivity index is 2.11. The van der Waals surface area contributed by atoms with E-state index in [4.69, 9.17) is 16.3 Å². The molecule has 2 aromatic rings. The Labute approximate surface area is 120 Å². The highest BCUT2D eigenvalue weighted by atomic mass is 35.5. The Morgan fingerprint density at radius 3 is 2.75 bits per heavy atom. The maximum atomic E-state index is 11.9. The molecule has 20 heavy (non-hydrogen) atoms. The molecular weight excluding hydrogens is 280 g/mol. The van der Waals surface area contributed by atoms with E-state index in [-0.39, 0.29) is 18.3 Å². The second kappa shape index (κ2) is 5.96. The number of aryl methyl sites for hydroxylation is 1. The van der Waals surface area contributed by atoms with E-state index in [9.17, 15) is 9.59 Å². The number of rotatable bonds is 4. The van der Waals surface area contributed by atoms with Gasteiger partial charge >= 0.3 is 5.69 Å². The number of hydrogen-bond donors (Lipinski definition) is 1. The summed E-state index contributed by atoms with van der Waals surface area (Å²) < 4.78 is 6.61. The topological polar surface area (TPSA) is 64.1 Å². The Morgan fingerprint density at radius 2 is 2.05 bits per heavy atom. The Morgan fingerprint density at radius 1 is 1.30 bits per heavy atom. The molecule has 0 aliphatic heterocycles. The second-order valence-electron chi connectivity index (χ2n) is 4.49. The van der Waals surface area contributed by atoms with Crippen LogP contribution in [-0.2, 0) is 6.54 Å². The van der Waals surface area contributed by atoms with Crippen molar-refractivity contribution in [1.29, 1.82) is 0 Å². The lowest BCUT2D eigenvalue weighted by molar-refractivity contribution is 0.293. The van der Waals surface area contributed by atoms with Gasteiger partial charge < -0.3 is 4.74 Å². The predicted molar refractivity (Wildman–Crippen MR) is 77.7 cm³/mol. The summed E-state index contributed by atoms with van der Waals surface area (Å²) in [5, 5.41) is 0.0795. The lowest BCUT2D eigenvalue weighted by Gasteiger charge is -2.09. The molecule has 0 radical (unpaired) electrons. The number of benzene rings is 1. The molecule has 106 valence electrons. The first-order chi connectivity index (χ1) is 9.49. The number of nitrogens with zero attached hydrogens (tertiary/aromatic N) is 1. The quantitative estimate of drug-likeness (QED) is 0.876. The van der Waals surface area contributed by atoms with Crippen LogP contribution in [0.2, 0.25) is 5.15 Å².